The van der Waals surface area contributed by atoms with Gasteiger partial charge < -0.3 is 4.52 Å². The molecular formula is C22H27FN4O. The van der Waals surface area contributed by atoms with Crippen molar-refractivity contribution in [3.05, 3.63) is 59.4 Å². The molecule has 1 aromatic carbocycles. The van der Waals surface area contributed by atoms with Gasteiger partial charge in [-0.15, -0.1) is 0 Å². The number of hydrogen-bond donors (Lipinski definition) is 0. The van der Waals surface area contributed by atoms with Gasteiger partial charge in [-0.2, -0.15) is 5.10 Å². The number of rotatable bonds is 5. The smallest absolute Gasteiger partial charge is 0.154 e. The minimum Gasteiger partial charge on any atom is -0.359 e. The molecule has 0 bridgehead atoms. The van der Waals surface area contributed by atoms with Crippen molar-refractivity contribution in [3.63, 3.8) is 0 Å². The maximum atomic E-state index is 13.2. The Morgan fingerprint density at radius 3 is 2.75 bits per heavy atom. The van der Waals surface area contributed by atoms with E-state index in [1.54, 1.807) is 12.1 Å². The van der Waals surface area contributed by atoms with E-state index in [0.29, 0.717) is 0 Å². The van der Waals surface area contributed by atoms with Crippen LogP contribution >= 0.6 is 0 Å². The van der Waals surface area contributed by atoms with E-state index in [4.69, 9.17) is 4.52 Å². The van der Waals surface area contributed by atoms with Crippen molar-refractivity contribution in [2.24, 2.45) is 0 Å². The standard InChI is InChI=1S/C22H27FN4O/c1-3-27-16(2)18(14-24-27)15-26-12-6-4-5-7-21(26)22-13-20(25-28-22)17-8-10-19(23)11-9-17/h8-11,13-14,21H,3-7,12,15H2,1-2H3. The second-order valence-corrected chi connectivity index (χ2v) is 7.53. The lowest BCUT2D eigenvalue weighted by molar-refractivity contribution is 0.160. The molecule has 3 heterocycles. The molecule has 0 saturated carbocycles. The molecule has 2 aromatic heterocycles. The molecule has 1 aliphatic heterocycles. The average Bonchev–Trinajstić information content (AvgIpc) is 3.25. The first-order valence-electron chi connectivity index (χ1n) is 10.1. The molecule has 0 N–H and O–H groups in total. The molecule has 4 rings (SSSR count). The van der Waals surface area contributed by atoms with Gasteiger partial charge in [-0.25, -0.2) is 4.39 Å². The van der Waals surface area contributed by atoms with Crippen molar-refractivity contribution < 1.29 is 8.91 Å². The van der Waals surface area contributed by atoms with E-state index in [1.165, 1.54) is 42.7 Å². The maximum Gasteiger partial charge on any atom is 0.154 e. The number of aromatic nitrogens is 3. The van der Waals surface area contributed by atoms with E-state index in [-0.39, 0.29) is 11.9 Å². The summed E-state index contributed by atoms with van der Waals surface area (Å²) in [5, 5.41) is 8.75. The Morgan fingerprint density at radius 1 is 1.18 bits per heavy atom. The van der Waals surface area contributed by atoms with E-state index >= 15 is 0 Å². The number of likely N-dealkylation sites (tertiary alicyclic amines) is 1. The van der Waals surface area contributed by atoms with Gasteiger partial charge in [0.1, 0.15) is 11.5 Å². The van der Waals surface area contributed by atoms with Gasteiger partial charge in [0.05, 0.1) is 12.2 Å². The van der Waals surface area contributed by atoms with Crippen LogP contribution in [-0.2, 0) is 13.1 Å². The van der Waals surface area contributed by atoms with Gasteiger partial charge in [0.2, 0.25) is 0 Å². The minimum absolute atomic E-state index is 0.202. The Hall–Kier alpha value is -2.47. The molecule has 148 valence electrons. The Balaban J connectivity index is 1.58. The molecule has 1 fully saturated rings. The van der Waals surface area contributed by atoms with E-state index in [1.807, 2.05) is 16.9 Å². The molecule has 0 radical (unpaired) electrons. The summed E-state index contributed by atoms with van der Waals surface area (Å²) >= 11 is 0. The van der Waals surface area contributed by atoms with Crippen LogP contribution in [0.4, 0.5) is 4.39 Å². The molecule has 1 unspecified atom stereocenters. The lowest BCUT2D eigenvalue weighted by atomic mass is 10.0. The number of hydrogen-bond acceptors (Lipinski definition) is 4. The number of aryl methyl sites for hydroxylation is 1. The van der Waals surface area contributed by atoms with Gasteiger partial charge in [0.15, 0.2) is 5.76 Å². The van der Waals surface area contributed by atoms with Crippen molar-refractivity contribution in [1.29, 1.82) is 0 Å². The van der Waals surface area contributed by atoms with Gasteiger partial charge in [0.25, 0.3) is 0 Å². The monoisotopic (exact) mass is 382 g/mol. The largest absolute Gasteiger partial charge is 0.359 e. The SMILES string of the molecule is CCn1ncc(CN2CCCCCC2c2cc(-c3ccc(F)cc3)no2)c1C. The highest BCUT2D eigenvalue weighted by molar-refractivity contribution is 5.58. The Bertz CT molecular complexity index is 915. The average molecular weight is 382 g/mol. The van der Waals surface area contributed by atoms with Crippen molar-refractivity contribution in [3.8, 4) is 11.3 Å². The van der Waals surface area contributed by atoms with Crippen molar-refractivity contribution in [1.82, 2.24) is 19.8 Å². The molecular weight excluding hydrogens is 355 g/mol. The second-order valence-electron chi connectivity index (χ2n) is 7.53. The molecule has 6 heteroatoms. The van der Waals surface area contributed by atoms with Gasteiger partial charge in [-0.3, -0.25) is 9.58 Å². The summed E-state index contributed by atoms with van der Waals surface area (Å²) in [7, 11) is 0. The molecule has 0 aliphatic carbocycles. The first kappa shape index (κ1) is 18.9. The van der Waals surface area contributed by atoms with Crippen LogP contribution in [0.5, 0.6) is 0 Å². The summed E-state index contributed by atoms with van der Waals surface area (Å²) in [6.07, 6.45) is 6.65. The Labute approximate surface area is 165 Å². The van der Waals surface area contributed by atoms with Crippen LogP contribution in [0.1, 0.15) is 55.7 Å². The molecule has 5 nitrogen and oxygen atoms in total. The predicted molar refractivity (Wildman–Crippen MR) is 106 cm³/mol. The lowest BCUT2D eigenvalue weighted by Crippen LogP contribution is -2.28. The summed E-state index contributed by atoms with van der Waals surface area (Å²) in [4.78, 5) is 2.49. The highest BCUT2D eigenvalue weighted by Crippen LogP contribution is 2.33. The van der Waals surface area contributed by atoms with Crippen LogP contribution in [0.25, 0.3) is 11.3 Å². The van der Waals surface area contributed by atoms with E-state index in [0.717, 1.165) is 43.1 Å². The number of nitrogens with zero attached hydrogens (tertiary/aromatic N) is 4. The van der Waals surface area contributed by atoms with E-state index < -0.39 is 0 Å². The van der Waals surface area contributed by atoms with Gasteiger partial charge in [-0.05, 0) is 57.5 Å². The molecule has 28 heavy (non-hydrogen) atoms. The van der Waals surface area contributed by atoms with Crippen LogP contribution in [0, 0.1) is 12.7 Å². The molecule has 3 aromatic rings. The molecule has 0 spiro atoms. The normalized spacial score (nSPS) is 18.3. The van der Waals surface area contributed by atoms with Crippen molar-refractivity contribution in [2.45, 2.75) is 58.7 Å². The zero-order valence-electron chi connectivity index (χ0n) is 16.6. The zero-order valence-corrected chi connectivity index (χ0v) is 16.6. The molecule has 1 atom stereocenters. The third kappa shape index (κ3) is 3.87. The van der Waals surface area contributed by atoms with Crippen LogP contribution in [-0.4, -0.2) is 26.4 Å². The fourth-order valence-electron chi connectivity index (χ4n) is 4.06. The highest BCUT2D eigenvalue weighted by Gasteiger charge is 2.27. The topological polar surface area (TPSA) is 47.1 Å². The first-order chi connectivity index (χ1) is 13.7. The van der Waals surface area contributed by atoms with E-state index in [9.17, 15) is 4.39 Å². The summed E-state index contributed by atoms with van der Waals surface area (Å²) in [6, 6.07) is 8.60. The molecule has 1 saturated heterocycles. The van der Waals surface area contributed by atoms with Crippen LogP contribution in [0.15, 0.2) is 41.1 Å². The van der Waals surface area contributed by atoms with Gasteiger partial charge in [0, 0.05) is 36.0 Å². The summed E-state index contributed by atoms with van der Waals surface area (Å²) < 4.78 is 21.0. The summed E-state index contributed by atoms with van der Waals surface area (Å²) in [5.41, 5.74) is 4.13. The summed E-state index contributed by atoms with van der Waals surface area (Å²) in [5.74, 6) is 0.646. The van der Waals surface area contributed by atoms with Crippen LogP contribution < -0.4 is 0 Å². The lowest BCUT2D eigenvalue weighted by Gasteiger charge is -2.27. The fourth-order valence-corrected chi connectivity index (χ4v) is 4.06. The number of benzene rings is 1. The third-order valence-electron chi connectivity index (χ3n) is 5.74. The van der Waals surface area contributed by atoms with Gasteiger partial charge >= 0.3 is 0 Å². The Kier molecular flexibility index (Phi) is 5.57. The zero-order chi connectivity index (χ0) is 19.5. The van der Waals surface area contributed by atoms with Crippen LogP contribution in [0.3, 0.4) is 0 Å². The van der Waals surface area contributed by atoms with Crippen molar-refractivity contribution >= 4 is 0 Å². The summed E-state index contributed by atoms with van der Waals surface area (Å²) in [6.45, 7) is 7.04. The second kappa shape index (κ2) is 8.27. The van der Waals surface area contributed by atoms with Gasteiger partial charge in [-0.1, -0.05) is 18.0 Å². The van der Waals surface area contributed by atoms with Crippen molar-refractivity contribution in [2.75, 3.05) is 6.54 Å². The molecule has 0 amide bonds. The fraction of sp³-hybridized carbons (Fsp3) is 0.455. The first-order valence-corrected chi connectivity index (χ1v) is 10.1. The quantitative estimate of drug-likeness (QED) is 0.614. The Morgan fingerprint density at radius 2 is 2.00 bits per heavy atom. The highest BCUT2D eigenvalue weighted by atomic mass is 19.1. The van der Waals surface area contributed by atoms with Crippen LogP contribution in [0.2, 0.25) is 0 Å². The maximum absolute atomic E-state index is 13.2. The predicted octanol–water partition coefficient (Wildman–Crippen LogP) is 5.12. The number of halogens is 1. The molecule has 1 aliphatic rings. The minimum atomic E-state index is -0.245. The third-order valence-corrected chi connectivity index (χ3v) is 5.74. The van der Waals surface area contributed by atoms with E-state index in [2.05, 4.69) is 29.0 Å².